The molecule has 1 aromatic heterocycles. The van der Waals surface area contributed by atoms with E-state index in [-0.39, 0.29) is 5.41 Å². The molecule has 0 unspecified atom stereocenters. The van der Waals surface area contributed by atoms with Gasteiger partial charge in [-0.15, -0.1) is 0 Å². The Balaban J connectivity index is 2.20. The Morgan fingerprint density at radius 3 is 2.43 bits per heavy atom. The summed E-state index contributed by atoms with van der Waals surface area (Å²) in [7, 11) is 0. The number of benzene rings is 1. The van der Waals surface area contributed by atoms with E-state index >= 15 is 0 Å². The van der Waals surface area contributed by atoms with E-state index in [4.69, 9.17) is 4.74 Å². The standard InChI is InChI=1S/C16H20BrN3O/c1-5-18-15-19-10-13(17)14(20-15)21-12-8-6-11(7-9-12)16(2,3)4/h6-10H,5H2,1-4H3,(H,18,19,20). The lowest BCUT2D eigenvalue weighted by Gasteiger charge is -2.19. The van der Waals surface area contributed by atoms with Gasteiger partial charge in [-0.25, -0.2) is 4.98 Å². The highest BCUT2D eigenvalue weighted by atomic mass is 79.9. The first-order chi connectivity index (χ1) is 9.90. The molecule has 0 atom stereocenters. The summed E-state index contributed by atoms with van der Waals surface area (Å²) in [6.07, 6.45) is 1.68. The molecule has 0 bridgehead atoms. The number of rotatable bonds is 4. The fourth-order valence-electron chi connectivity index (χ4n) is 1.80. The second-order valence-corrected chi connectivity index (χ2v) is 6.61. The molecule has 0 fully saturated rings. The molecule has 0 aliphatic heterocycles. The highest BCUT2D eigenvalue weighted by Crippen LogP contribution is 2.30. The third-order valence-corrected chi connectivity index (χ3v) is 3.53. The zero-order valence-corrected chi connectivity index (χ0v) is 14.4. The lowest BCUT2D eigenvalue weighted by molar-refractivity contribution is 0.458. The lowest BCUT2D eigenvalue weighted by Crippen LogP contribution is -2.10. The molecular weight excluding hydrogens is 330 g/mol. The fourth-order valence-corrected chi connectivity index (χ4v) is 2.07. The van der Waals surface area contributed by atoms with Gasteiger partial charge >= 0.3 is 0 Å². The normalized spacial score (nSPS) is 11.3. The molecular formula is C16H20BrN3O. The second kappa shape index (κ2) is 6.43. The first-order valence-electron chi connectivity index (χ1n) is 6.95. The molecule has 112 valence electrons. The molecule has 2 aromatic rings. The smallest absolute Gasteiger partial charge is 0.238 e. The zero-order chi connectivity index (χ0) is 15.5. The summed E-state index contributed by atoms with van der Waals surface area (Å²) in [6, 6.07) is 8.08. The van der Waals surface area contributed by atoms with Crippen molar-refractivity contribution < 1.29 is 4.74 Å². The Kier molecular flexibility index (Phi) is 4.83. The van der Waals surface area contributed by atoms with Gasteiger partial charge in [-0.3, -0.25) is 0 Å². The number of hydrogen-bond acceptors (Lipinski definition) is 4. The van der Waals surface area contributed by atoms with Crippen LogP contribution in [0.5, 0.6) is 11.6 Å². The third-order valence-electron chi connectivity index (χ3n) is 2.98. The van der Waals surface area contributed by atoms with Crippen LogP contribution in [-0.2, 0) is 5.41 Å². The second-order valence-electron chi connectivity index (χ2n) is 5.75. The van der Waals surface area contributed by atoms with Gasteiger partial charge in [0.15, 0.2) is 0 Å². The van der Waals surface area contributed by atoms with Crippen LogP contribution in [0.1, 0.15) is 33.3 Å². The van der Waals surface area contributed by atoms with E-state index in [1.807, 2.05) is 19.1 Å². The third kappa shape index (κ3) is 4.17. The van der Waals surface area contributed by atoms with E-state index in [1.54, 1.807) is 6.20 Å². The number of aromatic nitrogens is 2. The minimum atomic E-state index is 0.131. The van der Waals surface area contributed by atoms with Crippen molar-refractivity contribution >= 4 is 21.9 Å². The van der Waals surface area contributed by atoms with E-state index in [0.29, 0.717) is 11.8 Å². The molecule has 2 rings (SSSR count). The predicted octanol–water partition coefficient (Wildman–Crippen LogP) is 4.76. The largest absolute Gasteiger partial charge is 0.438 e. The van der Waals surface area contributed by atoms with Gasteiger partial charge in [-0.05, 0) is 46.0 Å². The van der Waals surface area contributed by atoms with Crippen molar-refractivity contribution in [2.24, 2.45) is 0 Å². The lowest BCUT2D eigenvalue weighted by atomic mass is 9.87. The first-order valence-corrected chi connectivity index (χ1v) is 7.74. The van der Waals surface area contributed by atoms with Gasteiger partial charge in [0.2, 0.25) is 11.8 Å². The van der Waals surface area contributed by atoms with Crippen molar-refractivity contribution in [3.63, 3.8) is 0 Å². The number of halogens is 1. The van der Waals surface area contributed by atoms with Gasteiger partial charge < -0.3 is 10.1 Å². The van der Waals surface area contributed by atoms with Crippen molar-refractivity contribution in [1.29, 1.82) is 0 Å². The minimum absolute atomic E-state index is 0.131. The summed E-state index contributed by atoms with van der Waals surface area (Å²) in [5.41, 5.74) is 1.40. The molecule has 1 heterocycles. The zero-order valence-electron chi connectivity index (χ0n) is 12.8. The monoisotopic (exact) mass is 349 g/mol. The van der Waals surface area contributed by atoms with Crippen LogP contribution in [0.2, 0.25) is 0 Å². The average molecular weight is 350 g/mol. The molecule has 5 heteroatoms. The number of anilines is 1. The van der Waals surface area contributed by atoms with E-state index in [0.717, 1.165) is 16.8 Å². The Hall–Kier alpha value is -1.62. The van der Waals surface area contributed by atoms with Crippen LogP contribution in [0, 0.1) is 0 Å². The maximum Gasteiger partial charge on any atom is 0.238 e. The molecule has 0 radical (unpaired) electrons. The Morgan fingerprint density at radius 2 is 1.86 bits per heavy atom. The van der Waals surface area contributed by atoms with Crippen LogP contribution in [-0.4, -0.2) is 16.5 Å². The molecule has 0 amide bonds. The molecule has 0 aliphatic rings. The molecule has 0 aliphatic carbocycles. The van der Waals surface area contributed by atoms with E-state index in [2.05, 4.69) is 64.1 Å². The first kappa shape index (κ1) is 15.8. The summed E-state index contributed by atoms with van der Waals surface area (Å²) in [6.45, 7) is 9.32. The average Bonchev–Trinajstić information content (AvgIpc) is 2.42. The van der Waals surface area contributed by atoms with Gasteiger partial charge in [-0.2, -0.15) is 4.98 Å². The molecule has 0 spiro atoms. The molecule has 0 saturated heterocycles. The Morgan fingerprint density at radius 1 is 1.19 bits per heavy atom. The summed E-state index contributed by atoms with van der Waals surface area (Å²) in [5, 5.41) is 3.07. The summed E-state index contributed by atoms with van der Waals surface area (Å²) in [5.74, 6) is 1.82. The van der Waals surface area contributed by atoms with Crippen molar-refractivity contribution in [1.82, 2.24) is 9.97 Å². The van der Waals surface area contributed by atoms with Gasteiger partial charge in [0.25, 0.3) is 0 Å². The van der Waals surface area contributed by atoms with Gasteiger partial charge in [0, 0.05) is 6.54 Å². The van der Waals surface area contributed by atoms with Crippen molar-refractivity contribution in [2.75, 3.05) is 11.9 Å². The number of nitrogens with one attached hydrogen (secondary N) is 1. The summed E-state index contributed by atoms with van der Waals surface area (Å²) < 4.78 is 6.55. The van der Waals surface area contributed by atoms with E-state index in [1.165, 1.54) is 5.56 Å². The molecule has 1 aromatic carbocycles. The van der Waals surface area contributed by atoms with Crippen molar-refractivity contribution in [3.8, 4) is 11.6 Å². The van der Waals surface area contributed by atoms with Crippen molar-refractivity contribution in [3.05, 3.63) is 40.5 Å². The van der Waals surface area contributed by atoms with Gasteiger partial charge in [0.05, 0.1) is 10.7 Å². The topological polar surface area (TPSA) is 47.0 Å². The molecule has 0 saturated carbocycles. The maximum absolute atomic E-state index is 5.83. The van der Waals surface area contributed by atoms with Crippen molar-refractivity contribution in [2.45, 2.75) is 33.1 Å². The SMILES string of the molecule is CCNc1ncc(Br)c(Oc2ccc(C(C)(C)C)cc2)n1. The van der Waals surface area contributed by atoms with Crippen LogP contribution < -0.4 is 10.1 Å². The Labute approximate surface area is 134 Å². The van der Waals surface area contributed by atoms with Crippen LogP contribution >= 0.6 is 15.9 Å². The van der Waals surface area contributed by atoms with Crippen LogP contribution in [0.3, 0.4) is 0 Å². The summed E-state index contributed by atoms with van der Waals surface area (Å²) in [4.78, 5) is 8.50. The highest BCUT2D eigenvalue weighted by Gasteiger charge is 2.13. The van der Waals surface area contributed by atoms with Crippen LogP contribution in [0.4, 0.5) is 5.95 Å². The molecule has 1 N–H and O–H groups in total. The molecule has 21 heavy (non-hydrogen) atoms. The number of ether oxygens (including phenoxy) is 1. The molecule has 4 nitrogen and oxygen atoms in total. The highest BCUT2D eigenvalue weighted by molar-refractivity contribution is 9.10. The fraction of sp³-hybridized carbons (Fsp3) is 0.375. The summed E-state index contributed by atoms with van der Waals surface area (Å²) >= 11 is 3.41. The Bertz CT molecular complexity index is 606. The van der Waals surface area contributed by atoms with E-state index in [9.17, 15) is 0 Å². The van der Waals surface area contributed by atoms with E-state index < -0.39 is 0 Å². The maximum atomic E-state index is 5.83. The number of hydrogen-bond donors (Lipinski definition) is 1. The number of nitrogens with zero attached hydrogens (tertiary/aromatic N) is 2. The van der Waals surface area contributed by atoms with Crippen LogP contribution in [0.15, 0.2) is 34.9 Å². The van der Waals surface area contributed by atoms with Gasteiger partial charge in [-0.1, -0.05) is 32.9 Å². The minimum Gasteiger partial charge on any atom is -0.438 e. The predicted molar refractivity (Wildman–Crippen MR) is 89.1 cm³/mol. The quantitative estimate of drug-likeness (QED) is 0.864. The van der Waals surface area contributed by atoms with Crippen LogP contribution in [0.25, 0.3) is 0 Å². The van der Waals surface area contributed by atoms with Gasteiger partial charge in [0.1, 0.15) is 5.75 Å².